The molecule has 0 aliphatic heterocycles. The van der Waals surface area contributed by atoms with Gasteiger partial charge in [0.2, 0.25) is 5.70 Å². The molecule has 0 aliphatic carbocycles. The lowest BCUT2D eigenvalue weighted by Gasteiger charge is -2.06. The number of aliphatic hydroxyl groups is 1. The van der Waals surface area contributed by atoms with E-state index in [0.29, 0.717) is 0 Å². The fourth-order valence-electron chi connectivity index (χ4n) is 1.06. The van der Waals surface area contributed by atoms with Gasteiger partial charge in [-0.2, -0.15) is 13.2 Å². The molecule has 0 aromatic heterocycles. The van der Waals surface area contributed by atoms with E-state index in [1.807, 2.05) is 5.18 Å². The molecule has 1 N–H and O–H groups in total. The summed E-state index contributed by atoms with van der Waals surface area (Å²) in [5.74, 6) is -3.57. The normalized spacial score (nSPS) is 12.9. The van der Waals surface area contributed by atoms with Crippen LogP contribution in [0.3, 0.4) is 0 Å². The number of carbonyl (C=O) groups excluding carboxylic acids is 1. The first kappa shape index (κ1) is 12.9. The zero-order chi connectivity index (χ0) is 13.1. The van der Waals surface area contributed by atoms with Crippen LogP contribution in [-0.2, 0) is 4.79 Å². The number of halogens is 3. The number of aliphatic hydroxyl groups excluding tert-OH is 1. The summed E-state index contributed by atoms with van der Waals surface area (Å²) >= 11 is 0. The quantitative estimate of drug-likeness (QED) is 0.505. The second-order valence-electron chi connectivity index (χ2n) is 2.98. The molecule has 90 valence electrons. The van der Waals surface area contributed by atoms with E-state index in [2.05, 4.69) is 0 Å². The number of allylic oxidation sites excluding steroid dienone is 1. The molecule has 0 spiro atoms. The first-order chi connectivity index (χ1) is 7.88. The van der Waals surface area contributed by atoms with Crippen molar-refractivity contribution in [3.63, 3.8) is 0 Å². The van der Waals surface area contributed by atoms with Gasteiger partial charge in [-0.25, -0.2) is 0 Å². The Hall–Kier alpha value is -2.18. The largest absolute Gasteiger partial charge is 0.505 e. The maximum Gasteiger partial charge on any atom is 0.456 e. The van der Waals surface area contributed by atoms with Crippen molar-refractivity contribution in [2.45, 2.75) is 6.18 Å². The van der Waals surface area contributed by atoms with Gasteiger partial charge in [-0.05, 0) is 5.18 Å². The zero-order valence-electron chi connectivity index (χ0n) is 8.23. The number of ketones is 1. The lowest BCUT2D eigenvalue weighted by molar-refractivity contribution is -0.166. The van der Waals surface area contributed by atoms with Crippen LogP contribution < -0.4 is 0 Å². The van der Waals surface area contributed by atoms with E-state index in [4.69, 9.17) is 0 Å². The van der Waals surface area contributed by atoms with Gasteiger partial charge in [0.1, 0.15) is 0 Å². The molecule has 0 unspecified atom stereocenters. The monoisotopic (exact) mass is 245 g/mol. The third kappa shape index (κ3) is 2.90. The molecule has 1 rings (SSSR count). The fourth-order valence-corrected chi connectivity index (χ4v) is 1.06. The van der Waals surface area contributed by atoms with Gasteiger partial charge in [-0.3, -0.25) is 4.79 Å². The van der Waals surface area contributed by atoms with E-state index < -0.39 is 23.4 Å². The number of hydrogen-bond acceptors (Lipinski definition) is 4. The average molecular weight is 245 g/mol. The summed E-state index contributed by atoms with van der Waals surface area (Å²) in [6.07, 6.45) is -5.26. The Morgan fingerprint density at radius 2 is 1.71 bits per heavy atom. The predicted octanol–water partition coefficient (Wildman–Crippen LogP) is 2.81. The Morgan fingerprint density at radius 1 is 1.18 bits per heavy atom. The van der Waals surface area contributed by atoms with Crippen LogP contribution in [-0.4, -0.2) is 17.1 Å². The number of nitroso groups, excluding NO2 is 1. The summed E-state index contributed by atoms with van der Waals surface area (Å²) in [6, 6.07) is 6.88. The van der Waals surface area contributed by atoms with Crippen molar-refractivity contribution in [3.8, 4) is 0 Å². The topological polar surface area (TPSA) is 66.7 Å². The van der Waals surface area contributed by atoms with E-state index in [1.165, 1.54) is 24.3 Å². The van der Waals surface area contributed by atoms with Crippen LogP contribution in [0.2, 0.25) is 0 Å². The molecule has 0 radical (unpaired) electrons. The minimum absolute atomic E-state index is 0.0975. The van der Waals surface area contributed by atoms with E-state index in [9.17, 15) is 28.0 Å². The van der Waals surface area contributed by atoms with Crippen molar-refractivity contribution in [1.29, 1.82) is 0 Å². The van der Waals surface area contributed by atoms with Gasteiger partial charge < -0.3 is 5.11 Å². The second kappa shape index (κ2) is 4.77. The van der Waals surface area contributed by atoms with E-state index in [1.54, 1.807) is 6.07 Å². The number of Topliss-reactive ketones (excluding diaryl/α,β-unsaturated/α-hetero) is 1. The number of nitrogens with zero attached hydrogens (tertiary/aromatic N) is 1. The van der Waals surface area contributed by atoms with Crippen LogP contribution in [0.15, 0.2) is 41.2 Å². The molecule has 17 heavy (non-hydrogen) atoms. The summed E-state index contributed by atoms with van der Waals surface area (Å²) in [6.45, 7) is 0. The average Bonchev–Trinajstić information content (AvgIpc) is 2.29. The smallest absolute Gasteiger partial charge is 0.456 e. The minimum atomic E-state index is -5.26. The van der Waals surface area contributed by atoms with E-state index in [0.717, 1.165) is 0 Å². The molecule has 7 heteroatoms. The Labute approximate surface area is 93.3 Å². The van der Waals surface area contributed by atoms with Crippen LogP contribution in [0.5, 0.6) is 0 Å². The van der Waals surface area contributed by atoms with Crippen molar-refractivity contribution in [1.82, 2.24) is 0 Å². The highest BCUT2D eigenvalue weighted by molar-refractivity contribution is 6.04. The van der Waals surface area contributed by atoms with Crippen LogP contribution in [0, 0.1) is 4.91 Å². The number of benzene rings is 1. The first-order valence-corrected chi connectivity index (χ1v) is 4.31. The molecule has 0 saturated carbocycles. The highest BCUT2D eigenvalue weighted by Gasteiger charge is 2.43. The van der Waals surface area contributed by atoms with Crippen molar-refractivity contribution < 1.29 is 23.1 Å². The molecule has 0 fully saturated rings. The molecular formula is C10H6F3NO3. The van der Waals surface area contributed by atoms with Gasteiger partial charge in [0.15, 0.2) is 5.76 Å². The van der Waals surface area contributed by atoms with E-state index >= 15 is 0 Å². The number of carbonyl (C=O) groups is 1. The first-order valence-electron chi connectivity index (χ1n) is 4.31. The Balaban J connectivity index is 3.26. The molecule has 1 aromatic rings. The van der Waals surface area contributed by atoms with Gasteiger partial charge in [-0.15, -0.1) is 4.91 Å². The second-order valence-corrected chi connectivity index (χ2v) is 2.98. The highest BCUT2D eigenvalue weighted by Crippen LogP contribution is 2.25. The fraction of sp³-hybridized carbons (Fsp3) is 0.100. The van der Waals surface area contributed by atoms with Gasteiger partial charge in [0.05, 0.1) is 0 Å². The molecule has 0 atom stereocenters. The summed E-state index contributed by atoms with van der Waals surface area (Å²) in [5, 5.41) is 11.3. The summed E-state index contributed by atoms with van der Waals surface area (Å²) in [7, 11) is 0. The molecule has 0 bridgehead atoms. The molecule has 0 amide bonds. The van der Waals surface area contributed by atoms with Crippen molar-refractivity contribution >= 4 is 11.5 Å². The van der Waals surface area contributed by atoms with Crippen molar-refractivity contribution in [2.24, 2.45) is 5.18 Å². The SMILES string of the molecule is O=NC(C(=O)C(F)(F)F)=C(O)c1ccccc1. The molecule has 0 saturated heterocycles. The predicted molar refractivity (Wildman–Crippen MR) is 52.8 cm³/mol. The Morgan fingerprint density at radius 3 is 2.12 bits per heavy atom. The summed E-state index contributed by atoms with van der Waals surface area (Å²) in [5.41, 5.74) is -1.65. The van der Waals surface area contributed by atoms with Crippen LogP contribution in [0.4, 0.5) is 13.2 Å². The Kier molecular flexibility index (Phi) is 3.62. The van der Waals surface area contributed by atoms with Gasteiger partial charge >= 0.3 is 6.18 Å². The lowest BCUT2D eigenvalue weighted by atomic mass is 10.1. The maximum absolute atomic E-state index is 12.1. The highest BCUT2D eigenvalue weighted by atomic mass is 19.4. The number of hydrogen-bond donors (Lipinski definition) is 1. The third-order valence-corrected chi connectivity index (χ3v) is 1.84. The van der Waals surface area contributed by atoms with Gasteiger partial charge in [0, 0.05) is 5.56 Å². The van der Waals surface area contributed by atoms with Crippen molar-refractivity contribution in [3.05, 3.63) is 46.5 Å². The van der Waals surface area contributed by atoms with Crippen LogP contribution in [0.1, 0.15) is 5.56 Å². The van der Waals surface area contributed by atoms with Gasteiger partial charge in [-0.1, -0.05) is 30.3 Å². The molecule has 4 nitrogen and oxygen atoms in total. The molecular weight excluding hydrogens is 239 g/mol. The van der Waals surface area contributed by atoms with Crippen LogP contribution >= 0.6 is 0 Å². The summed E-state index contributed by atoms with van der Waals surface area (Å²) in [4.78, 5) is 21.0. The van der Waals surface area contributed by atoms with Gasteiger partial charge in [0.25, 0.3) is 5.78 Å². The maximum atomic E-state index is 12.1. The molecule has 0 aliphatic rings. The lowest BCUT2D eigenvalue weighted by Crippen LogP contribution is -2.24. The number of alkyl halides is 3. The summed E-state index contributed by atoms with van der Waals surface area (Å²) < 4.78 is 36.2. The zero-order valence-corrected chi connectivity index (χ0v) is 8.23. The number of rotatable bonds is 3. The third-order valence-electron chi connectivity index (χ3n) is 1.84. The Bertz CT molecular complexity index is 465. The standard InChI is InChI=1S/C10H6F3NO3/c11-10(12,13)9(16)7(14-17)8(15)6-4-2-1-3-5-6/h1-5,15H. The van der Waals surface area contributed by atoms with Crippen LogP contribution in [0.25, 0.3) is 5.76 Å². The minimum Gasteiger partial charge on any atom is -0.505 e. The van der Waals surface area contributed by atoms with Crippen molar-refractivity contribution in [2.75, 3.05) is 0 Å². The molecule has 1 aromatic carbocycles. The molecule has 0 heterocycles. The van der Waals surface area contributed by atoms with E-state index in [-0.39, 0.29) is 5.56 Å².